The van der Waals surface area contributed by atoms with Gasteiger partial charge < -0.3 is 24.8 Å². The Kier molecular flexibility index (Phi) is 15.4. The van der Waals surface area contributed by atoms with Crippen LogP contribution in [0.15, 0.2) is 99.7 Å². The first-order valence-corrected chi connectivity index (χ1v) is 25.0. The molecule has 2 N–H and O–H groups in total. The van der Waals surface area contributed by atoms with E-state index in [-0.39, 0.29) is 36.0 Å². The molecule has 2 aromatic heterocycles. The van der Waals surface area contributed by atoms with Crippen LogP contribution in [0.5, 0.6) is 11.5 Å². The van der Waals surface area contributed by atoms with E-state index in [4.69, 9.17) is 19.2 Å². The summed E-state index contributed by atoms with van der Waals surface area (Å²) >= 11 is 3.53. The number of fused-ring (bicyclic) bond motifs is 6. The first-order valence-electron chi connectivity index (χ1n) is 23.0. The molecule has 2 amide bonds. The van der Waals surface area contributed by atoms with Crippen molar-refractivity contribution in [2.24, 2.45) is 10.9 Å². The molecule has 4 atom stereocenters. The number of thioether (sulfide) groups is 2. The Morgan fingerprint density at radius 3 is 1.85 bits per heavy atom. The third-order valence-electron chi connectivity index (χ3n) is 12.4. The number of carbonyl (C=O) groups excluding carboxylic acids is 2. The molecule has 0 radical (unpaired) electrons. The number of ether oxygens (including phenoxy) is 3. The molecule has 4 heterocycles. The van der Waals surface area contributed by atoms with Gasteiger partial charge in [-0.25, -0.2) is 0 Å². The quantitative estimate of drug-likeness (QED) is 0.0592. The summed E-state index contributed by atoms with van der Waals surface area (Å²) in [7, 11) is 3.35. The third kappa shape index (κ3) is 10.3. The van der Waals surface area contributed by atoms with Crippen molar-refractivity contribution >= 4 is 41.0 Å². The number of amides is 2. The summed E-state index contributed by atoms with van der Waals surface area (Å²) < 4.78 is 21.6. The average molecular weight is 942 g/mol. The molecule has 0 fully saturated rings. The van der Waals surface area contributed by atoms with Crippen LogP contribution in [0.3, 0.4) is 0 Å². The van der Waals surface area contributed by atoms with E-state index in [1.807, 2.05) is 56.5 Å². The van der Waals surface area contributed by atoms with Crippen LogP contribution in [0.2, 0.25) is 0 Å². The largest absolute Gasteiger partial charge is 0.497 e. The van der Waals surface area contributed by atoms with Crippen LogP contribution in [-0.4, -0.2) is 99.1 Å². The van der Waals surface area contributed by atoms with Crippen LogP contribution >= 0.6 is 23.5 Å². The second kappa shape index (κ2) is 21.8. The van der Waals surface area contributed by atoms with Gasteiger partial charge in [0.05, 0.1) is 50.9 Å². The maximum atomic E-state index is 13.2. The fraction of sp³-hybridized carbons (Fsp3) is 0.392. The second-order valence-corrected chi connectivity index (χ2v) is 18.9. The van der Waals surface area contributed by atoms with E-state index >= 15 is 0 Å². The smallest absolute Gasteiger partial charge is 0.222 e. The van der Waals surface area contributed by atoms with Gasteiger partial charge in [-0.15, -0.1) is 43.9 Å². The number of aromatic nitrogens is 6. The molecule has 0 saturated carbocycles. The van der Waals surface area contributed by atoms with Crippen molar-refractivity contribution < 1.29 is 23.8 Å². The second-order valence-electron chi connectivity index (χ2n) is 16.6. The van der Waals surface area contributed by atoms with Gasteiger partial charge in [0.1, 0.15) is 35.0 Å². The van der Waals surface area contributed by atoms with Crippen LogP contribution in [0.25, 0.3) is 11.4 Å². The molecule has 0 bridgehead atoms. The van der Waals surface area contributed by atoms with Gasteiger partial charge in [0.15, 0.2) is 5.82 Å². The first-order chi connectivity index (χ1) is 32.7. The maximum Gasteiger partial charge on any atom is 0.222 e. The standard InChI is InChI=1S/C51H59N9O5S2/c1-8-39-40(29-46(61)52-9-2)50-57-55-31(4)59(50)44-21-15-35(63-6)27-41(44)48(39)33-11-17-37(18-12-33)66-25-23-65-24-26-67-38-19-13-34(14-20-38)49-42-28-36(64-7)16-22-45(42)60-32(5)56-58-51(60)43(54-49)30-47(62)53-10-3/h11-22,27-28,39-40,43,48H,8-10,23-26,29-30H2,1-7H3,(H,52,61)(H,53,62). The summed E-state index contributed by atoms with van der Waals surface area (Å²) in [6, 6.07) is 28.9. The zero-order chi connectivity index (χ0) is 47.0. The highest BCUT2D eigenvalue weighted by Crippen LogP contribution is 2.49. The maximum absolute atomic E-state index is 13.2. The fourth-order valence-electron chi connectivity index (χ4n) is 9.38. The average Bonchev–Trinajstić information content (AvgIpc) is 3.85. The molecule has 4 unspecified atom stereocenters. The molecule has 67 heavy (non-hydrogen) atoms. The zero-order valence-electron chi connectivity index (χ0n) is 39.2. The van der Waals surface area contributed by atoms with E-state index in [1.54, 1.807) is 37.7 Å². The number of aliphatic imine (C=N–C) groups is 1. The lowest BCUT2D eigenvalue weighted by Crippen LogP contribution is -2.29. The van der Waals surface area contributed by atoms with Crippen molar-refractivity contribution in [2.45, 2.75) is 81.5 Å². The molecule has 350 valence electrons. The van der Waals surface area contributed by atoms with Gasteiger partial charge in [-0.3, -0.25) is 23.7 Å². The number of nitrogens with zero attached hydrogens (tertiary/aromatic N) is 7. The highest BCUT2D eigenvalue weighted by Gasteiger charge is 2.41. The van der Waals surface area contributed by atoms with Gasteiger partial charge in [0, 0.05) is 63.8 Å². The Bertz CT molecular complexity index is 2720. The van der Waals surface area contributed by atoms with Crippen molar-refractivity contribution in [1.82, 2.24) is 40.2 Å². The molecule has 14 nitrogen and oxygen atoms in total. The van der Waals surface area contributed by atoms with Gasteiger partial charge in [-0.1, -0.05) is 37.6 Å². The monoisotopic (exact) mass is 941 g/mol. The van der Waals surface area contributed by atoms with Gasteiger partial charge >= 0.3 is 0 Å². The number of methoxy groups -OCH3 is 2. The highest BCUT2D eigenvalue weighted by atomic mass is 32.2. The van der Waals surface area contributed by atoms with Crippen molar-refractivity contribution in [1.29, 1.82) is 0 Å². The van der Waals surface area contributed by atoms with Crippen LogP contribution in [0.4, 0.5) is 0 Å². The predicted octanol–water partition coefficient (Wildman–Crippen LogP) is 8.58. The lowest BCUT2D eigenvalue weighted by molar-refractivity contribution is -0.122. The molecule has 16 heteroatoms. The van der Waals surface area contributed by atoms with E-state index in [9.17, 15) is 9.59 Å². The normalized spacial score (nSPS) is 17.2. The molecular weight excluding hydrogens is 883 g/mol. The number of hydrogen-bond acceptors (Lipinski definition) is 12. The van der Waals surface area contributed by atoms with E-state index < -0.39 is 6.04 Å². The Hall–Kier alpha value is -5.97. The van der Waals surface area contributed by atoms with Gasteiger partial charge in [0.2, 0.25) is 11.8 Å². The molecule has 8 rings (SSSR count). The van der Waals surface area contributed by atoms with Gasteiger partial charge in [0.25, 0.3) is 0 Å². The lowest BCUT2D eigenvalue weighted by atomic mass is 9.72. The summed E-state index contributed by atoms with van der Waals surface area (Å²) in [5.41, 5.74) is 6.83. The number of rotatable bonds is 19. The summed E-state index contributed by atoms with van der Waals surface area (Å²) in [4.78, 5) is 33.5. The Balaban J connectivity index is 0.893. The van der Waals surface area contributed by atoms with Crippen LogP contribution in [0.1, 0.15) is 103 Å². The molecular formula is C51H59N9O5S2. The minimum atomic E-state index is -0.525. The zero-order valence-corrected chi connectivity index (χ0v) is 40.9. The lowest BCUT2D eigenvalue weighted by Gasteiger charge is -2.31. The van der Waals surface area contributed by atoms with Crippen LogP contribution in [-0.2, 0) is 14.3 Å². The molecule has 6 aromatic rings. The van der Waals surface area contributed by atoms with Gasteiger partial charge in [-0.05, 0) is 105 Å². The van der Waals surface area contributed by atoms with E-state index in [1.165, 1.54) is 10.5 Å². The minimum absolute atomic E-state index is 0.00333. The Morgan fingerprint density at radius 1 is 0.672 bits per heavy atom. The molecule has 0 saturated heterocycles. The van der Waals surface area contributed by atoms with Gasteiger partial charge in [-0.2, -0.15) is 0 Å². The summed E-state index contributed by atoms with van der Waals surface area (Å²) in [6.45, 7) is 12.3. The fourth-order valence-corrected chi connectivity index (χ4v) is 10.9. The number of nitrogens with one attached hydrogen (secondary N) is 2. The first kappa shape index (κ1) is 47.5. The molecule has 2 aliphatic heterocycles. The van der Waals surface area contributed by atoms with Crippen molar-refractivity contribution in [2.75, 3.05) is 52.0 Å². The van der Waals surface area contributed by atoms with Crippen molar-refractivity contribution in [3.05, 3.63) is 130 Å². The van der Waals surface area contributed by atoms with Crippen molar-refractivity contribution in [3.8, 4) is 22.9 Å². The Morgan fingerprint density at radius 2 is 1.24 bits per heavy atom. The number of benzene rings is 4. The highest BCUT2D eigenvalue weighted by molar-refractivity contribution is 7.99. The molecule has 0 spiro atoms. The minimum Gasteiger partial charge on any atom is -0.497 e. The van der Waals surface area contributed by atoms with E-state index in [2.05, 4.69) is 103 Å². The number of aryl methyl sites for hydroxylation is 2. The summed E-state index contributed by atoms with van der Waals surface area (Å²) in [5, 5.41) is 24.0. The third-order valence-corrected chi connectivity index (χ3v) is 14.4. The summed E-state index contributed by atoms with van der Waals surface area (Å²) in [5.74, 6) is 5.99. The van der Waals surface area contributed by atoms with Crippen LogP contribution in [0, 0.1) is 19.8 Å². The number of carbonyl (C=O) groups is 2. The molecule has 4 aromatic carbocycles. The molecule has 0 aliphatic carbocycles. The predicted molar refractivity (Wildman–Crippen MR) is 264 cm³/mol. The van der Waals surface area contributed by atoms with Crippen LogP contribution < -0.4 is 20.1 Å². The molecule has 2 aliphatic rings. The summed E-state index contributed by atoms with van der Waals surface area (Å²) in [6.07, 6.45) is 1.34. The SMILES string of the molecule is CCNC(=O)CC1N=C(c2ccc(SCCOCCSc3ccc(C4c5cc(OC)ccc5-n5c(C)nnc5C(CC(=O)NCC)C4CC)cc3)cc2)c2cc(OC)ccc2-n2c(C)nnc21. The van der Waals surface area contributed by atoms with Crippen molar-refractivity contribution in [3.63, 3.8) is 0 Å². The van der Waals surface area contributed by atoms with E-state index in [0.717, 1.165) is 79.8 Å². The Labute approximate surface area is 401 Å². The van der Waals surface area contributed by atoms with E-state index in [0.29, 0.717) is 44.3 Å². The number of hydrogen-bond donors (Lipinski definition) is 2. The topological polar surface area (TPSA) is 160 Å².